The SMILES string of the molecule is Cc1cnc(NCCNC(=O)c2ccc(F)cc2)c(N)c1. The van der Waals surface area contributed by atoms with Gasteiger partial charge in [0.25, 0.3) is 5.91 Å². The molecule has 0 atom stereocenters. The van der Waals surface area contributed by atoms with Crippen LogP contribution in [0.15, 0.2) is 36.5 Å². The van der Waals surface area contributed by atoms with Gasteiger partial charge in [0.2, 0.25) is 0 Å². The van der Waals surface area contributed by atoms with Gasteiger partial charge in [-0.1, -0.05) is 0 Å². The highest BCUT2D eigenvalue weighted by Crippen LogP contribution is 2.14. The highest BCUT2D eigenvalue weighted by molar-refractivity contribution is 5.94. The standard InChI is InChI=1S/C15H17FN4O/c1-10-8-13(17)14(20-9-10)18-6-7-19-15(21)11-2-4-12(16)5-3-11/h2-5,8-9H,6-7,17H2,1H3,(H,18,20)(H,19,21). The minimum Gasteiger partial charge on any atom is -0.396 e. The molecule has 2 aromatic rings. The lowest BCUT2D eigenvalue weighted by atomic mass is 10.2. The van der Waals surface area contributed by atoms with Crippen LogP contribution in [0.1, 0.15) is 15.9 Å². The Morgan fingerprint density at radius 1 is 1.29 bits per heavy atom. The Morgan fingerprint density at radius 2 is 2.00 bits per heavy atom. The third-order valence-electron chi connectivity index (χ3n) is 2.86. The lowest BCUT2D eigenvalue weighted by molar-refractivity contribution is 0.0955. The number of anilines is 2. The first-order valence-electron chi connectivity index (χ1n) is 6.56. The molecule has 0 saturated heterocycles. The molecule has 2 rings (SSSR count). The number of carbonyl (C=O) groups is 1. The molecule has 0 aliphatic carbocycles. The molecule has 0 unspecified atom stereocenters. The van der Waals surface area contributed by atoms with Crippen molar-refractivity contribution in [3.63, 3.8) is 0 Å². The normalized spacial score (nSPS) is 10.2. The molecule has 1 amide bonds. The maximum Gasteiger partial charge on any atom is 0.251 e. The number of nitrogens with one attached hydrogen (secondary N) is 2. The molecule has 1 aromatic carbocycles. The molecule has 21 heavy (non-hydrogen) atoms. The van der Waals surface area contributed by atoms with Gasteiger partial charge in [-0.3, -0.25) is 4.79 Å². The van der Waals surface area contributed by atoms with Crippen LogP contribution in [0, 0.1) is 12.7 Å². The molecule has 0 radical (unpaired) electrons. The Hall–Kier alpha value is -2.63. The van der Waals surface area contributed by atoms with Crippen LogP contribution < -0.4 is 16.4 Å². The van der Waals surface area contributed by atoms with E-state index in [1.165, 1.54) is 24.3 Å². The Balaban J connectivity index is 1.79. The highest BCUT2D eigenvalue weighted by Gasteiger charge is 2.05. The number of aryl methyl sites for hydroxylation is 1. The minimum absolute atomic E-state index is 0.248. The minimum atomic E-state index is -0.367. The zero-order chi connectivity index (χ0) is 15.2. The second-order valence-electron chi connectivity index (χ2n) is 4.64. The molecule has 6 heteroatoms. The number of carbonyl (C=O) groups excluding carboxylic acids is 1. The summed E-state index contributed by atoms with van der Waals surface area (Å²) in [6.07, 6.45) is 1.72. The van der Waals surface area contributed by atoms with E-state index in [-0.39, 0.29) is 11.7 Å². The van der Waals surface area contributed by atoms with E-state index >= 15 is 0 Å². The number of nitrogens with two attached hydrogens (primary N) is 1. The maximum atomic E-state index is 12.8. The second-order valence-corrected chi connectivity index (χ2v) is 4.64. The van der Waals surface area contributed by atoms with Crippen molar-refractivity contribution in [2.45, 2.75) is 6.92 Å². The van der Waals surface area contributed by atoms with Gasteiger partial charge in [-0.15, -0.1) is 0 Å². The smallest absolute Gasteiger partial charge is 0.251 e. The summed E-state index contributed by atoms with van der Waals surface area (Å²) >= 11 is 0. The average molecular weight is 288 g/mol. The summed E-state index contributed by atoms with van der Waals surface area (Å²) in [5, 5.41) is 5.77. The highest BCUT2D eigenvalue weighted by atomic mass is 19.1. The number of benzene rings is 1. The van der Waals surface area contributed by atoms with Crippen molar-refractivity contribution in [1.82, 2.24) is 10.3 Å². The number of nitrogen functional groups attached to an aromatic ring is 1. The van der Waals surface area contributed by atoms with Crippen molar-refractivity contribution in [3.05, 3.63) is 53.5 Å². The number of hydrogen-bond acceptors (Lipinski definition) is 4. The third-order valence-corrected chi connectivity index (χ3v) is 2.86. The number of aromatic nitrogens is 1. The lowest BCUT2D eigenvalue weighted by Crippen LogP contribution is -2.29. The van der Waals surface area contributed by atoms with Gasteiger partial charge in [-0.25, -0.2) is 9.37 Å². The predicted octanol–water partition coefficient (Wildman–Crippen LogP) is 1.95. The van der Waals surface area contributed by atoms with Crippen molar-refractivity contribution in [3.8, 4) is 0 Å². The van der Waals surface area contributed by atoms with Crippen LogP contribution in [0.5, 0.6) is 0 Å². The molecular weight excluding hydrogens is 271 g/mol. The van der Waals surface area contributed by atoms with E-state index in [0.29, 0.717) is 30.2 Å². The number of nitrogens with zero attached hydrogens (tertiary/aromatic N) is 1. The Bertz CT molecular complexity index is 628. The number of hydrogen-bond donors (Lipinski definition) is 3. The average Bonchev–Trinajstić information content (AvgIpc) is 2.46. The van der Waals surface area contributed by atoms with Crippen LogP contribution in [0.4, 0.5) is 15.9 Å². The van der Waals surface area contributed by atoms with E-state index in [2.05, 4.69) is 15.6 Å². The molecule has 4 N–H and O–H groups in total. The van der Waals surface area contributed by atoms with Crippen molar-refractivity contribution < 1.29 is 9.18 Å². The Morgan fingerprint density at radius 3 is 2.67 bits per heavy atom. The van der Waals surface area contributed by atoms with Crippen molar-refractivity contribution >= 4 is 17.4 Å². The number of amides is 1. The molecule has 0 bridgehead atoms. The lowest BCUT2D eigenvalue weighted by Gasteiger charge is -2.09. The van der Waals surface area contributed by atoms with Crippen molar-refractivity contribution in [2.24, 2.45) is 0 Å². The van der Waals surface area contributed by atoms with Gasteiger partial charge in [0.05, 0.1) is 5.69 Å². The van der Waals surface area contributed by atoms with Gasteiger partial charge in [-0.05, 0) is 42.8 Å². The zero-order valence-electron chi connectivity index (χ0n) is 11.7. The predicted molar refractivity (Wildman–Crippen MR) is 80.6 cm³/mol. The fraction of sp³-hybridized carbons (Fsp3) is 0.200. The second kappa shape index (κ2) is 6.69. The molecule has 0 spiro atoms. The maximum absolute atomic E-state index is 12.8. The Kier molecular flexibility index (Phi) is 4.71. The largest absolute Gasteiger partial charge is 0.396 e. The molecular formula is C15H17FN4O. The molecule has 0 fully saturated rings. The molecule has 110 valence electrons. The summed E-state index contributed by atoms with van der Waals surface area (Å²) in [5.74, 6) is -0.0209. The van der Waals surface area contributed by atoms with E-state index in [4.69, 9.17) is 5.73 Å². The quantitative estimate of drug-likeness (QED) is 0.735. The van der Waals surface area contributed by atoms with E-state index in [1.807, 2.05) is 13.0 Å². The molecule has 1 heterocycles. The van der Waals surface area contributed by atoms with Crippen LogP contribution in [0.25, 0.3) is 0 Å². The van der Waals surface area contributed by atoms with Gasteiger partial charge in [0.1, 0.15) is 11.6 Å². The van der Waals surface area contributed by atoms with E-state index in [9.17, 15) is 9.18 Å². The van der Waals surface area contributed by atoms with Crippen LogP contribution in [0.3, 0.4) is 0 Å². The molecule has 0 aliphatic rings. The van der Waals surface area contributed by atoms with Gasteiger partial charge < -0.3 is 16.4 Å². The summed E-state index contributed by atoms with van der Waals surface area (Å²) in [5.41, 5.74) is 7.80. The summed E-state index contributed by atoms with van der Waals surface area (Å²) in [6.45, 7) is 2.81. The van der Waals surface area contributed by atoms with E-state index in [0.717, 1.165) is 5.56 Å². The van der Waals surface area contributed by atoms with Gasteiger partial charge in [0.15, 0.2) is 0 Å². The number of halogens is 1. The van der Waals surface area contributed by atoms with Crippen LogP contribution in [-0.2, 0) is 0 Å². The van der Waals surface area contributed by atoms with Crippen molar-refractivity contribution in [1.29, 1.82) is 0 Å². The van der Waals surface area contributed by atoms with Gasteiger partial charge in [-0.2, -0.15) is 0 Å². The zero-order valence-corrected chi connectivity index (χ0v) is 11.7. The fourth-order valence-electron chi connectivity index (χ4n) is 1.80. The fourth-order valence-corrected chi connectivity index (χ4v) is 1.80. The first kappa shape index (κ1) is 14.8. The van der Waals surface area contributed by atoms with Crippen LogP contribution >= 0.6 is 0 Å². The first-order valence-corrected chi connectivity index (χ1v) is 6.56. The van der Waals surface area contributed by atoms with Crippen molar-refractivity contribution in [2.75, 3.05) is 24.1 Å². The van der Waals surface area contributed by atoms with Gasteiger partial charge >= 0.3 is 0 Å². The summed E-state index contributed by atoms with van der Waals surface area (Å²) in [4.78, 5) is 15.9. The monoisotopic (exact) mass is 288 g/mol. The summed E-state index contributed by atoms with van der Waals surface area (Å²) < 4.78 is 12.8. The molecule has 0 saturated carbocycles. The Labute approximate surface area is 122 Å². The molecule has 5 nitrogen and oxygen atoms in total. The summed E-state index contributed by atoms with van der Waals surface area (Å²) in [7, 11) is 0. The first-order chi connectivity index (χ1) is 10.1. The van der Waals surface area contributed by atoms with Gasteiger partial charge in [0, 0.05) is 24.8 Å². The summed E-state index contributed by atoms with van der Waals surface area (Å²) in [6, 6.07) is 7.22. The molecule has 0 aliphatic heterocycles. The molecule has 1 aromatic heterocycles. The van der Waals surface area contributed by atoms with Crippen LogP contribution in [-0.4, -0.2) is 24.0 Å². The third kappa shape index (κ3) is 4.17. The number of rotatable bonds is 5. The number of pyridine rings is 1. The topological polar surface area (TPSA) is 80.0 Å². The van der Waals surface area contributed by atoms with Crippen LogP contribution in [0.2, 0.25) is 0 Å². The van der Waals surface area contributed by atoms with E-state index < -0.39 is 0 Å². The van der Waals surface area contributed by atoms with E-state index in [1.54, 1.807) is 6.20 Å².